The normalized spacial score (nSPS) is 14.0. The molecule has 0 bridgehead atoms. The number of aliphatic hydroxyl groups is 1. The number of carbonyl (C=O) groups excluding carboxylic acids is 4. The number of phosphoric ester groups is 2. The molecule has 0 amide bonds. The average Bonchev–Trinajstić information content (AvgIpc) is 2.12. The topological polar surface area (TPSA) is 237 Å². The van der Waals surface area contributed by atoms with Gasteiger partial charge in [-0.05, 0) is 37.5 Å². The maximum Gasteiger partial charge on any atom is 0.472 e. The third-order valence-electron chi connectivity index (χ3n) is 17.7. The molecule has 564 valence electrons. The van der Waals surface area contributed by atoms with Crippen molar-refractivity contribution >= 4 is 39.5 Å². The van der Waals surface area contributed by atoms with Gasteiger partial charge in [0.2, 0.25) is 0 Å². The highest BCUT2D eigenvalue weighted by molar-refractivity contribution is 7.47. The Bertz CT molecular complexity index is 1840. The first-order chi connectivity index (χ1) is 45.9. The van der Waals surface area contributed by atoms with E-state index >= 15 is 0 Å². The SMILES string of the molecule is CCCCCCCCCCCCCCCCC(=O)OC[C@H](COP(=O)(O)OC[C@@H](O)COP(=O)(O)OC[C@@H](COC(=O)CCCCCCCCCCC(C)C)OC(=O)CCCCCCCCCCCCCCCC)OC(=O)CCCCCCCCCCCCCCCC(C)C. The highest BCUT2D eigenvalue weighted by atomic mass is 31.2. The summed E-state index contributed by atoms with van der Waals surface area (Å²) in [5.41, 5.74) is 0. The van der Waals surface area contributed by atoms with Gasteiger partial charge in [-0.3, -0.25) is 37.3 Å². The lowest BCUT2D eigenvalue weighted by atomic mass is 10.0. The molecule has 19 heteroatoms. The Balaban J connectivity index is 5.26. The lowest BCUT2D eigenvalue weighted by molar-refractivity contribution is -0.161. The van der Waals surface area contributed by atoms with Crippen molar-refractivity contribution in [2.24, 2.45) is 11.8 Å². The van der Waals surface area contributed by atoms with E-state index < -0.39 is 97.5 Å². The van der Waals surface area contributed by atoms with Crippen LogP contribution in [0.4, 0.5) is 0 Å². The van der Waals surface area contributed by atoms with Gasteiger partial charge in [0.05, 0.1) is 26.4 Å². The number of carbonyl (C=O) groups is 4. The minimum Gasteiger partial charge on any atom is -0.462 e. The van der Waals surface area contributed by atoms with Crippen LogP contribution in [0.15, 0.2) is 0 Å². The van der Waals surface area contributed by atoms with Gasteiger partial charge < -0.3 is 33.8 Å². The molecule has 0 spiro atoms. The van der Waals surface area contributed by atoms with Crippen LogP contribution >= 0.6 is 15.6 Å². The predicted octanol–water partition coefficient (Wildman–Crippen LogP) is 22.3. The van der Waals surface area contributed by atoms with Gasteiger partial charge in [0.15, 0.2) is 12.2 Å². The van der Waals surface area contributed by atoms with Crippen LogP contribution in [-0.2, 0) is 65.4 Å². The van der Waals surface area contributed by atoms with Crippen LogP contribution in [0.3, 0.4) is 0 Å². The predicted molar refractivity (Wildman–Crippen MR) is 386 cm³/mol. The fourth-order valence-corrected chi connectivity index (χ4v) is 13.2. The molecule has 0 aromatic rings. The molecule has 0 aliphatic rings. The number of esters is 4. The summed E-state index contributed by atoms with van der Waals surface area (Å²) in [5.74, 6) is -0.600. The average molecular weight is 1400 g/mol. The number of aliphatic hydroxyl groups excluding tert-OH is 1. The van der Waals surface area contributed by atoms with E-state index in [-0.39, 0.29) is 25.7 Å². The largest absolute Gasteiger partial charge is 0.472 e. The lowest BCUT2D eigenvalue weighted by Crippen LogP contribution is -2.30. The third kappa shape index (κ3) is 70.3. The Morgan fingerprint density at radius 3 is 0.716 bits per heavy atom. The Morgan fingerprint density at radius 1 is 0.284 bits per heavy atom. The number of unbranched alkanes of at least 4 members (excludes halogenated alkanes) is 45. The van der Waals surface area contributed by atoms with Crippen molar-refractivity contribution in [3.05, 3.63) is 0 Å². The number of phosphoric acid groups is 2. The fraction of sp³-hybridized carbons (Fsp3) is 0.947. The molecule has 0 aromatic heterocycles. The molecule has 0 saturated carbocycles. The molecule has 0 rings (SSSR count). The van der Waals surface area contributed by atoms with E-state index in [1.54, 1.807) is 0 Å². The van der Waals surface area contributed by atoms with Crippen LogP contribution in [-0.4, -0.2) is 96.7 Å². The fourth-order valence-electron chi connectivity index (χ4n) is 11.7. The van der Waals surface area contributed by atoms with E-state index in [4.69, 9.17) is 37.0 Å². The van der Waals surface area contributed by atoms with Gasteiger partial charge >= 0.3 is 39.5 Å². The molecule has 0 aliphatic heterocycles. The van der Waals surface area contributed by atoms with E-state index in [1.807, 2.05) is 0 Å². The van der Waals surface area contributed by atoms with E-state index in [1.165, 1.54) is 212 Å². The van der Waals surface area contributed by atoms with Gasteiger partial charge in [-0.15, -0.1) is 0 Å². The summed E-state index contributed by atoms with van der Waals surface area (Å²) in [7, 11) is -9.91. The Hall–Kier alpha value is -1.94. The molecule has 95 heavy (non-hydrogen) atoms. The van der Waals surface area contributed by atoms with Crippen molar-refractivity contribution in [2.45, 2.75) is 413 Å². The third-order valence-corrected chi connectivity index (χ3v) is 19.6. The summed E-state index contributed by atoms with van der Waals surface area (Å²) in [6.07, 6.45) is 55.4. The molecule has 0 fully saturated rings. The summed E-state index contributed by atoms with van der Waals surface area (Å²) in [5, 5.41) is 10.6. The quantitative estimate of drug-likeness (QED) is 0.0222. The summed E-state index contributed by atoms with van der Waals surface area (Å²) < 4.78 is 68.6. The Morgan fingerprint density at radius 2 is 0.484 bits per heavy atom. The second-order valence-electron chi connectivity index (χ2n) is 28.3. The highest BCUT2D eigenvalue weighted by Gasteiger charge is 2.30. The number of rotatable bonds is 75. The number of ether oxygens (including phenoxy) is 4. The van der Waals surface area contributed by atoms with E-state index in [0.29, 0.717) is 25.7 Å². The molecule has 0 aliphatic carbocycles. The second-order valence-corrected chi connectivity index (χ2v) is 31.3. The molecule has 3 N–H and O–H groups in total. The molecule has 0 heterocycles. The van der Waals surface area contributed by atoms with Gasteiger partial charge in [-0.1, -0.05) is 343 Å². The van der Waals surface area contributed by atoms with E-state index in [0.717, 1.165) is 102 Å². The Labute approximate surface area is 581 Å². The van der Waals surface area contributed by atoms with Gasteiger partial charge in [0, 0.05) is 25.7 Å². The molecule has 2 unspecified atom stereocenters. The van der Waals surface area contributed by atoms with Gasteiger partial charge in [0.1, 0.15) is 19.3 Å². The first-order valence-electron chi connectivity index (χ1n) is 39.5. The lowest BCUT2D eigenvalue weighted by Gasteiger charge is -2.21. The second kappa shape index (κ2) is 67.9. The van der Waals surface area contributed by atoms with Crippen molar-refractivity contribution in [1.29, 1.82) is 0 Å². The van der Waals surface area contributed by atoms with Crippen LogP contribution in [0.1, 0.15) is 395 Å². The van der Waals surface area contributed by atoms with Gasteiger partial charge in [0.25, 0.3) is 0 Å². The zero-order valence-corrected chi connectivity index (χ0v) is 63.8. The zero-order chi connectivity index (χ0) is 70.0. The molecule has 0 radical (unpaired) electrons. The van der Waals surface area contributed by atoms with Crippen molar-refractivity contribution in [3.8, 4) is 0 Å². The first kappa shape index (κ1) is 93.1. The first-order valence-corrected chi connectivity index (χ1v) is 42.5. The summed E-state index contributed by atoms with van der Waals surface area (Å²) in [6.45, 7) is 9.59. The van der Waals surface area contributed by atoms with Crippen LogP contribution in [0.5, 0.6) is 0 Å². The maximum atomic E-state index is 13.1. The molecule has 0 saturated heterocycles. The number of hydrogen-bond acceptors (Lipinski definition) is 15. The summed E-state index contributed by atoms with van der Waals surface area (Å²) >= 11 is 0. The van der Waals surface area contributed by atoms with Crippen molar-refractivity contribution in [3.63, 3.8) is 0 Å². The number of hydrogen-bond donors (Lipinski definition) is 3. The van der Waals surface area contributed by atoms with Gasteiger partial charge in [-0.25, -0.2) is 9.13 Å². The smallest absolute Gasteiger partial charge is 0.462 e. The van der Waals surface area contributed by atoms with Crippen molar-refractivity contribution in [2.75, 3.05) is 39.6 Å². The van der Waals surface area contributed by atoms with Crippen molar-refractivity contribution < 1.29 is 80.2 Å². The maximum absolute atomic E-state index is 13.1. The molecule has 0 aromatic carbocycles. The van der Waals surface area contributed by atoms with Gasteiger partial charge in [-0.2, -0.15) is 0 Å². The minimum absolute atomic E-state index is 0.107. The standard InChI is InChI=1S/C76H148O17P2/c1-7-9-11-13-15-17-19-21-25-29-33-40-46-52-58-73(78)86-64-71(92-76(81)61-55-49-43-35-31-27-23-24-28-32-38-44-50-56-68(3)4)66-90-94(82,83)88-62-70(77)63-89-95(84,85)91-67-72(65-87-74(79)59-53-47-41-37-36-39-45-51-57-69(5)6)93-75(80)60-54-48-42-34-30-26-22-20-18-16-14-12-10-8-2/h68-72,77H,7-67H2,1-6H3,(H,82,83)(H,84,85)/t70-,71-,72-/m1/s1. The molecular formula is C76H148O17P2. The van der Waals surface area contributed by atoms with E-state index in [9.17, 15) is 43.2 Å². The Kier molecular flexibility index (Phi) is 66.5. The molecular weight excluding hydrogens is 1250 g/mol. The van der Waals surface area contributed by atoms with Crippen LogP contribution in [0, 0.1) is 11.8 Å². The van der Waals surface area contributed by atoms with Crippen LogP contribution in [0.25, 0.3) is 0 Å². The van der Waals surface area contributed by atoms with Crippen LogP contribution in [0.2, 0.25) is 0 Å². The minimum atomic E-state index is -4.96. The zero-order valence-electron chi connectivity index (χ0n) is 62.0. The van der Waals surface area contributed by atoms with Crippen molar-refractivity contribution in [1.82, 2.24) is 0 Å². The molecule has 17 nitrogen and oxygen atoms in total. The summed E-state index contributed by atoms with van der Waals surface area (Å²) in [6, 6.07) is 0. The highest BCUT2D eigenvalue weighted by Crippen LogP contribution is 2.45. The van der Waals surface area contributed by atoms with E-state index in [2.05, 4.69) is 41.5 Å². The van der Waals surface area contributed by atoms with Crippen LogP contribution < -0.4 is 0 Å². The monoisotopic (exact) mass is 1400 g/mol. The summed E-state index contributed by atoms with van der Waals surface area (Å²) in [4.78, 5) is 72.8. The molecule has 5 atom stereocenters.